The minimum absolute atomic E-state index is 0.108. The van der Waals surface area contributed by atoms with E-state index in [9.17, 15) is 13.2 Å². The standard InChI is InChI=1S/C17H23N3O4S/c1-12-5-7-18-16(19-12)24-9-14-6-8-25(22,23)17(14)10-20(11-17)15(21)13-3-2-4-13/h5,7,13-14H,2-4,6,8-11H2,1H3/t14-/m1/s1. The topological polar surface area (TPSA) is 89.5 Å². The number of sulfone groups is 1. The van der Waals surface area contributed by atoms with E-state index < -0.39 is 14.6 Å². The molecule has 1 saturated carbocycles. The van der Waals surface area contributed by atoms with Crippen molar-refractivity contribution >= 4 is 15.7 Å². The maximum Gasteiger partial charge on any atom is 0.316 e. The Kier molecular flexibility index (Phi) is 3.97. The van der Waals surface area contributed by atoms with E-state index >= 15 is 0 Å². The molecule has 3 aliphatic rings. The molecule has 1 spiro atoms. The van der Waals surface area contributed by atoms with Crippen LogP contribution in [0.1, 0.15) is 31.4 Å². The summed E-state index contributed by atoms with van der Waals surface area (Å²) in [6, 6.07) is 2.06. The summed E-state index contributed by atoms with van der Waals surface area (Å²) in [5.74, 6) is 0.283. The second-order valence-electron chi connectivity index (χ2n) is 7.48. The number of likely N-dealkylation sites (tertiary alicyclic amines) is 1. The SMILES string of the molecule is Cc1ccnc(OC[C@H]2CCS(=O)(=O)C23CN(C(=O)C2CCC2)C3)n1. The van der Waals surface area contributed by atoms with E-state index in [0.717, 1.165) is 25.0 Å². The van der Waals surface area contributed by atoms with E-state index in [1.165, 1.54) is 0 Å². The molecule has 7 nitrogen and oxygen atoms in total. The third-order valence-corrected chi connectivity index (χ3v) is 8.57. The van der Waals surface area contributed by atoms with Gasteiger partial charge in [0.2, 0.25) is 5.91 Å². The van der Waals surface area contributed by atoms with E-state index in [2.05, 4.69) is 9.97 Å². The quantitative estimate of drug-likeness (QED) is 0.790. The van der Waals surface area contributed by atoms with E-state index in [0.29, 0.717) is 19.5 Å². The number of hydrogen-bond donors (Lipinski definition) is 0. The van der Waals surface area contributed by atoms with Crippen LogP contribution >= 0.6 is 0 Å². The van der Waals surface area contributed by atoms with Gasteiger partial charge in [-0.1, -0.05) is 6.42 Å². The Balaban J connectivity index is 1.44. The molecule has 1 aromatic rings. The van der Waals surface area contributed by atoms with Crippen LogP contribution in [-0.2, 0) is 14.6 Å². The molecule has 1 aromatic heterocycles. The number of amides is 1. The fraction of sp³-hybridized carbons (Fsp3) is 0.706. The van der Waals surface area contributed by atoms with Gasteiger partial charge in [-0.3, -0.25) is 4.79 Å². The number of aryl methyl sites for hydroxylation is 1. The first-order valence-electron chi connectivity index (χ1n) is 8.85. The van der Waals surface area contributed by atoms with Gasteiger partial charge in [0, 0.05) is 36.8 Å². The van der Waals surface area contributed by atoms with Gasteiger partial charge in [-0.15, -0.1) is 0 Å². The second-order valence-corrected chi connectivity index (χ2v) is 9.93. The highest BCUT2D eigenvalue weighted by atomic mass is 32.2. The van der Waals surface area contributed by atoms with Crippen molar-refractivity contribution in [2.24, 2.45) is 11.8 Å². The molecule has 2 saturated heterocycles. The Morgan fingerprint density at radius 3 is 2.76 bits per heavy atom. The summed E-state index contributed by atoms with van der Waals surface area (Å²) in [4.78, 5) is 22.4. The summed E-state index contributed by atoms with van der Waals surface area (Å²) in [5.41, 5.74) is 0.805. The molecule has 1 aliphatic carbocycles. The molecule has 8 heteroatoms. The average molecular weight is 365 g/mol. The molecule has 1 atom stereocenters. The summed E-state index contributed by atoms with van der Waals surface area (Å²) in [6.07, 6.45) is 5.17. The highest BCUT2D eigenvalue weighted by Crippen LogP contribution is 2.46. The Morgan fingerprint density at radius 1 is 1.36 bits per heavy atom. The van der Waals surface area contributed by atoms with Gasteiger partial charge < -0.3 is 9.64 Å². The van der Waals surface area contributed by atoms with Crippen LogP contribution < -0.4 is 4.74 Å². The molecular formula is C17H23N3O4S. The first-order valence-corrected chi connectivity index (χ1v) is 10.5. The molecule has 0 bridgehead atoms. The summed E-state index contributed by atoms with van der Waals surface area (Å²) in [7, 11) is -3.21. The zero-order chi connectivity index (χ0) is 17.7. The summed E-state index contributed by atoms with van der Waals surface area (Å²) in [5, 5.41) is 0. The molecule has 0 aromatic carbocycles. The molecule has 0 N–H and O–H groups in total. The smallest absolute Gasteiger partial charge is 0.316 e. The molecule has 136 valence electrons. The Bertz CT molecular complexity index is 785. The van der Waals surface area contributed by atoms with Crippen LogP contribution in [0, 0.1) is 18.8 Å². The highest BCUT2D eigenvalue weighted by molar-refractivity contribution is 7.93. The predicted octanol–water partition coefficient (Wildman–Crippen LogP) is 0.980. The van der Waals surface area contributed by atoms with Crippen molar-refractivity contribution in [2.75, 3.05) is 25.4 Å². The van der Waals surface area contributed by atoms with E-state index in [1.807, 2.05) is 6.92 Å². The van der Waals surface area contributed by atoms with Crippen LogP contribution in [0.2, 0.25) is 0 Å². The molecule has 3 heterocycles. The van der Waals surface area contributed by atoms with Gasteiger partial charge in [0.25, 0.3) is 0 Å². The van der Waals surface area contributed by atoms with Crippen molar-refractivity contribution in [2.45, 2.75) is 37.4 Å². The van der Waals surface area contributed by atoms with E-state index in [1.54, 1.807) is 17.2 Å². The summed E-state index contributed by atoms with van der Waals surface area (Å²) >= 11 is 0. The van der Waals surface area contributed by atoms with E-state index in [-0.39, 0.29) is 36.1 Å². The Hall–Kier alpha value is -1.70. The van der Waals surface area contributed by atoms with Gasteiger partial charge in [0.15, 0.2) is 9.84 Å². The van der Waals surface area contributed by atoms with Crippen molar-refractivity contribution in [3.63, 3.8) is 0 Å². The van der Waals surface area contributed by atoms with Crippen molar-refractivity contribution in [1.29, 1.82) is 0 Å². The second kappa shape index (κ2) is 5.93. The van der Waals surface area contributed by atoms with Gasteiger partial charge >= 0.3 is 6.01 Å². The first kappa shape index (κ1) is 16.8. The Morgan fingerprint density at radius 2 is 2.12 bits per heavy atom. The minimum Gasteiger partial charge on any atom is -0.463 e. The lowest BCUT2D eigenvalue weighted by molar-refractivity contribution is -0.144. The summed E-state index contributed by atoms with van der Waals surface area (Å²) in [6.45, 7) is 2.75. The first-order chi connectivity index (χ1) is 11.9. The molecule has 4 rings (SSSR count). The third-order valence-electron chi connectivity index (χ3n) is 5.97. The zero-order valence-corrected chi connectivity index (χ0v) is 15.2. The van der Waals surface area contributed by atoms with E-state index in [4.69, 9.17) is 4.74 Å². The maximum absolute atomic E-state index is 12.6. The van der Waals surface area contributed by atoms with Crippen LogP contribution in [0.4, 0.5) is 0 Å². The van der Waals surface area contributed by atoms with Gasteiger partial charge in [-0.05, 0) is 32.3 Å². The number of nitrogens with zero attached hydrogens (tertiary/aromatic N) is 3. The van der Waals surface area contributed by atoms with Crippen molar-refractivity contribution in [3.8, 4) is 6.01 Å². The molecule has 25 heavy (non-hydrogen) atoms. The van der Waals surface area contributed by atoms with Crippen LogP contribution in [0.3, 0.4) is 0 Å². The van der Waals surface area contributed by atoms with Crippen molar-refractivity contribution < 1.29 is 17.9 Å². The molecule has 0 unspecified atom stereocenters. The summed E-state index contributed by atoms with van der Waals surface area (Å²) < 4.78 is 30.1. The highest BCUT2D eigenvalue weighted by Gasteiger charge is 2.63. The van der Waals surface area contributed by atoms with Crippen LogP contribution in [0.25, 0.3) is 0 Å². The fourth-order valence-corrected chi connectivity index (χ4v) is 6.45. The number of carbonyl (C=O) groups excluding carboxylic acids is 1. The Labute approximate surface area is 147 Å². The van der Waals surface area contributed by atoms with Crippen molar-refractivity contribution in [1.82, 2.24) is 14.9 Å². The fourth-order valence-electron chi connectivity index (χ4n) is 4.05. The average Bonchev–Trinajstić information content (AvgIpc) is 2.72. The van der Waals surface area contributed by atoms with Crippen LogP contribution in [-0.4, -0.2) is 59.4 Å². The van der Waals surface area contributed by atoms with Gasteiger partial charge in [-0.25, -0.2) is 18.4 Å². The lowest BCUT2D eigenvalue weighted by atomic mass is 9.79. The number of rotatable bonds is 4. The maximum atomic E-state index is 12.6. The molecule has 3 fully saturated rings. The monoisotopic (exact) mass is 365 g/mol. The molecule has 2 aliphatic heterocycles. The van der Waals surface area contributed by atoms with Gasteiger partial charge in [0.05, 0.1) is 12.4 Å². The van der Waals surface area contributed by atoms with Gasteiger partial charge in [0.1, 0.15) is 4.75 Å². The number of hydrogen-bond acceptors (Lipinski definition) is 6. The number of ether oxygens (including phenoxy) is 1. The minimum atomic E-state index is -3.21. The lowest BCUT2D eigenvalue weighted by Gasteiger charge is -2.51. The molecular weight excluding hydrogens is 342 g/mol. The van der Waals surface area contributed by atoms with Gasteiger partial charge in [-0.2, -0.15) is 0 Å². The third kappa shape index (κ3) is 2.70. The predicted molar refractivity (Wildman–Crippen MR) is 90.8 cm³/mol. The number of aromatic nitrogens is 2. The lowest BCUT2D eigenvalue weighted by Crippen LogP contribution is -2.69. The molecule has 0 radical (unpaired) electrons. The van der Waals surface area contributed by atoms with Crippen LogP contribution in [0.15, 0.2) is 12.3 Å². The van der Waals surface area contributed by atoms with Crippen LogP contribution in [0.5, 0.6) is 6.01 Å². The largest absolute Gasteiger partial charge is 0.463 e. The zero-order valence-electron chi connectivity index (χ0n) is 14.3. The molecule has 1 amide bonds. The number of carbonyl (C=O) groups is 1. The van der Waals surface area contributed by atoms with Crippen molar-refractivity contribution in [3.05, 3.63) is 18.0 Å². The normalized spacial score (nSPS) is 26.9.